The van der Waals surface area contributed by atoms with Crippen LogP contribution in [0.25, 0.3) is 0 Å². The molecule has 162 valence electrons. The van der Waals surface area contributed by atoms with Crippen molar-refractivity contribution < 1.29 is 13.2 Å². The zero-order chi connectivity index (χ0) is 21.3. The Hall–Kier alpha value is -1.77. The molecule has 0 unspecified atom stereocenters. The molecule has 0 radical (unpaired) electrons. The molecular weight excluding hydrogens is 418 g/mol. The van der Waals surface area contributed by atoms with Crippen molar-refractivity contribution >= 4 is 27.3 Å². The number of rotatable bonds is 6. The summed E-state index contributed by atoms with van der Waals surface area (Å²) in [6.45, 7) is 5.21. The molecule has 0 spiro atoms. The van der Waals surface area contributed by atoms with Crippen LogP contribution in [0.1, 0.15) is 69.4 Å². The molecular formula is C22H29N3O3S2. The molecule has 0 aromatic carbocycles. The maximum absolute atomic E-state index is 13.2. The van der Waals surface area contributed by atoms with Gasteiger partial charge in [0.2, 0.25) is 10.0 Å². The van der Waals surface area contributed by atoms with E-state index in [2.05, 4.69) is 15.1 Å². The number of fused-ring (bicyclic) bond motifs is 2. The molecule has 4 rings (SSSR count). The molecule has 6 nitrogen and oxygen atoms in total. The standard InChI is InChI=1S/C22H29N3O3S2/c1-3-10-30(27,28)24-12-20-15(2)23-11-17-13-25(9-8-18(17)20)22(26)21-19-7-5-4-6-16(19)14-29-21/h11,14,24H,3-10,12-13H2,1-2H3. The largest absolute Gasteiger partial charge is 0.333 e. The van der Waals surface area contributed by atoms with E-state index in [9.17, 15) is 13.2 Å². The summed E-state index contributed by atoms with van der Waals surface area (Å²) in [5.41, 5.74) is 6.57. The van der Waals surface area contributed by atoms with Gasteiger partial charge in [-0.25, -0.2) is 13.1 Å². The van der Waals surface area contributed by atoms with Crippen molar-refractivity contribution in [2.24, 2.45) is 0 Å². The van der Waals surface area contributed by atoms with Gasteiger partial charge >= 0.3 is 0 Å². The zero-order valence-corrected chi connectivity index (χ0v) is 19.3. The van der Waals surface area contributed by atoms with Crippen LogP contribution in [-0.2, 0) is 42.4 Å². The minimum absolute atomic E-state index is 0.125. The molecule has 0 atom stereocenters. The second-order valence-electron chi connectivity index (χ2n) is 8.22. The Bertz CT molecular complexity index is 1060. The van der Waals surface area contributed by atoms with Crippen LogP contribution in [-0.4, -0.2) is 36.5 Å². The van der Waals surface area contributed by atoms with Crippen LogP contribution in [0.2, 0.25) is 0 Å². The first-order chi connectivity index (χ1) is 14.4. The Kier molecular flexibility index (Phi) is 6.27. The van der Waals surface area contributed by atoms with E-state index in [4.69, 9.17) is 0 Å². The van der Waals surface area contributed by atoms with Crippen LogP contribution in [0.4, 0.5) is 0 Å². The number of aryl methyl sites for hydroxylation is 2. The summed E-state index contributed by atoms with van der Waals surface area (Å²) >= 11 is 1.59. The summed E-state index contributed by atoms with van der Waals surface area (Å²) < 4.78 is 26.9. The lowest BCUT2D eigenvalue weighted by atomic mass is 9.92. The number of sulfonamides is 1. The van der Waals surface area contributed by atoms with E-state index in [1.54, 1.807) is 11.3 Å². The van der Waals surface area contributed by atoms with Crippen LogP contribution < -0.4 is 4.72 Å². The molecule has 0 bridgehead atoms. The number of hydrogen-bond donors (Lipinski definition) is 1. The molecule has 8 heteroatoms. The van der Waals surface area contributed by atoms with Gasteiger partial charge in [0.25, 0.3) is 5.91 Å². The van der Waals surface area contributed by atoms with Gasteiger partial charge in [-0.15, -0.1) is 11.3 Å². The first kappa shape index (κ1) is 21.5. The van der Waals surface area contributed by atoms with E-state index >= 15 is 0 Å². The van der Waals surface area contributed by atoms with Crippen LogP contribution in [0.5, 0.6) is 0 Å². The Labute approximate surface area is 182 Å². The quantitative estimate of drug-likeness (QED) is 0.736. The monoisotopic (exact) mass is 447 g/mol. The van der Waals surface area contributed by atoms with Crippen molar-refractivity contribution in [1.82, 2.24) is 14.6 Å². The third kappa shape index (κ3) is 4.31. The van der Waals surface area contributed by atoms with E-state index < -0.39 is 10.0 Å². The maximum Gasteiger partial charge on any atom is 0.264 e. The van der Waals surface area contributed by atoms with Gasteiger partial charge in [-0.05, 0) is 78.6 Å². The van der Waals surface area contributed by atoms with E-state index in [1.165, 1.54) is 17.5 Å². The normalized spacial score (nSPS) is 16.3. The minimum atomic E-state index is -3.28. The molecule has 0 saturated heterocycles. The van der Waals surface area contributed by atoms with Crippen molar-refractivity contribution in [1.29, 1.82) is 0 Å². The molecule has 3 heterocycles. The summed E-state index contributed by atoms with van der Waals surface area (Å²) in [6.07, 6.45) is 7.62. The average Bonchev–Trinajstić information content (AvgIpc) is 3.16. The lowest BCUT2D eigenvalue weighted by Crippen LogP contribution is -2.37. The Morgan fingerprint density at radius 3 is 2.80 bits per heavy atom. The second-order valence-corrected chi connectivity index (χ2v) is 11.0. The Morgan fingerprint density at radius 1 is 1.20 bits per heavy atom. The van der Waals surface area contributed by atoms with E-state index in [0.29, 0.717) is 19.5 Å². The van der Waals surface area contributed by atoms with E-state index in [1.807, 2.05) is 24.9 Å². The molecule has 1 amide bonds. The summed E-state index contributed by atoms with van der Waals surface area (Å²) in [4.78, 5) is 20.6. The highest BCUT2D eigenvalue weighted by molar-refractivity contribution is 7.89. The van der Waals surface area contributed by atoms with E-state index in [-0.39, 0.29) is 18.2 Å². The number of hydrogen-bond acceptors (Lipinski definition) is 5. The number of aromatic nitrogens is 1. The van der Waals surface area contributed by atoms with Gasteiger partial charge in [0.15, 0.2) is 0 Å². The van der Waals surface area contributed by atoms with Crippen molar-refractivity contribution in [3.05, 3.63) is 50.0 Å². The van der Waals surface area contributed by atoms with Crippen LogP contribution in [0.3, 0.4) is 0 Å². The van der Waals surface area contributed by atoms with Crippen LogP contribution >= 0.6 is 11.3 Å². The fourth-order valence-corrected chi connectivity index (χ4v) is 6.67. The summed E-state index contributed by atoms with van der Waals surface area (Å²) in [7, 11) is -3.28. The van der Waals surface area contributed by atoms with Crippen molar-refractivity contribution in [2.75, 3.05) is 12.3 Å². The SMILES string of the molecule is CCCS(=O)(=O)NCc1c(C)ncc2c1CCN(C(=O)c1scc3c1CCCC3)C2. The summed E-state index contributed by atoms with van der Waals surface area (Å²) in [6, 6.07) is 0. The van der Waals surface area contributed by atoms with Gasteiger partial charge in [-0.3, -0.25) is 9.78 Å². The lowest BCUT2D eigenvalue weighted by molar-refractivity contribution is 0.0738. The molecule has 0 fully saturated rings. The summed E-state index contributed by atoms with van der Waals surface area (Å²) in [5.74, 6) is 0.252. The third-order valence-electron chi connectivity index (χ3n) is 6.12. The minimum Gasteiger partial charge on any atom is -0.333 e. The van der Waals surface area contributed by atoms with Gasteiger partial charge in [0.1, 0.15) is 0 Å². The number of thiophene rings is 1. The van der Waals surface area contributed by atoms with Gasteiger partial charge in [0, 0.05) is 31.5 Å². The van der Waals surface area contributed by atoms with Crippen molar-refractivity contribution in [2.45, 2.75) is 65.5 Å². The Balaban J connectivity index is 1.53. The maximum atomic E-state index is 13.2. The molecule has 30 heavy (non-hydrogen) atoms. The fraction of sp³-hybridized carbons (Fsp3) is 0.545. The number of pyridine rings is 1. The van der Waals surface area contributed by atoms with E-state index in [0.717, 1.165) is 52.9 Å². The Morgan fingerprint density at radius 2 is 2.00 bits per heavy atom. The number of amides is 1. The number of carbonyl (C=O) groups excluding carboxylic acids is 1. The molecule has 2 aromatic heterocycles. The molecule has 2 aromatic rings. The van der Waals surface area contributed by atoms with Crippen molar-refractivity contribution in [3.63, 3.8) is 0 Å². The number of nitrogens with one attached hydrogen (secondary N) is 1. The van der Waals surface area contributed by atoms with Gasteiger partial charge in [-0.2, -0.15) is 0 Å². The second kappa shape index (κ2) is 8.77. The molecule has 2 aliphatic rings. The molecule has 0 saturated carbocycles. The van der Waals surface area contributed by atoms with Gasteiger partial charge < -0.3 is 4.90 Å². The van der Waals surface area contributed by atoms with Crippen LogP contribution in [0, 0.1) is 6.92 Å². The highest BCUT2D eigenvalue weighted by Gasteiger charge is 2.28. The third-order valence-corrected chi connectivity index (χ3v) is 8.71. The fourth-order valence-electron chi connectivity index (χ4n) is 4.50. The lowest BCUT2D eigenvalue weighted by Gasteiger charge is -2.30. The predicted molar refractivity (Wildman–Crippen MR) is 119 cm³/mol. The first-order valence-corrected chi connectivity index (χ1v) is 13.2. The van der Waals surface area contributed by atoms with Gasteiger partial charge in [-0.1, -0.05) is 6.92 Å². The zero-order valence-electron chi connectivity index (χ0n) is 17.7. The molecule has 1 N–H and O–H groups in total. The highest BCUT2D eigenvalue weighted by Crippen LogP contribution is 2.32. The smallest absolute Gasteiger partial charge is 0.264 e. The molecule has 1 aliphatic heterocycles. The highest BCUT2D eigenvalue weighted by atomic mass is 32.2. The topological polar surface area (TPSA) is 79.4 Å². The average molecular weight is 448 g/mol. The summed E-state index contributed by atoms with van der Waals surface area (Å²) in [5, 5.41) is 2.16. The van der Waals surface area contributed by atoms with Crippen molar-refractivity contribution in [3.8, 4) is 0 Å². The van der Waals surface area contributed by atoms with Gasteiger partial charge in [0.05, 0.1) is 10.6 Å². The number of nitrogens with zero attached hydrogens (tertiary/aromatic N) is 2. The predicted octanol–water partition coefficient (Wildman–Crippen LogP) is 3.36. The number of carbonyl (C=O) groups is 1. The first-order valence-electron chi connectivity index (χ1n) is 10.7. The van der Waals surface area contributed by atoms with Crippen LogP contribution in [0.15, 0.2) is 11.6 Å². The molecule has 1 aliphatic carbocycles.